The molecule has 3 heteroatoms. The standard InChI is InChI=1S/C18H30ClNO/c1-5-8-9-15(6-2)13-21-18-11-10-16(19)12-17(18)14(4)20-7-3/h10-12,14-15,20H,5-9,13H2,1-4H3. The van der Waals surface area contributed by atoms with Crippen LogP contribution in [0.25, 0.3) is 0 Å². The van der Waals surface area contributed by atoms with E-state index in [1.165, 1.54) is 25.7 Å². The summed E-state index contributed by atoms with van der Waals surface area (Å²) in [5.74, 6) is 1.60. The van der Waals surface area contributed by atoms with E-state index in [-0.39, 0.29) is 6.04 Å². The van der Waals surface area contributed by atoms with Crippen molar-refractivity contribution < 1.29 is 4.74 Å². The van der Waals surface area contributed by atoms with Crippen LogP contribution < -0.4 is 10.1 Å². The molecule has 2 atom stereocenters. The number of unbranched alkanes of at least 4 members (excludes halogenated alkanes) is 1. The molecular formula is C18H30ClNO. The Kier molecular flexibility index (Phi) is 8.79. The Morgan fingerprint density at radius 2 is 2.00 bits per heavy atom. The molecule has 0 fully saturated rings. The molecule has 0 heterocycles. The largest absolute Gasteiger partial charge is 0.493 e. The van der Waals surface area contributed by atoms with Crippen molar-refractivity contribution in [3.05, 3.63) is 28.8 Å². The second-order valence-corrected chi connectivity index (χ2v) is 6.13. The van der Waals surface area contributed by atoms with Gasteiger partial charge in [-0.25, -0.2) is 0 Å². The molecule has 1 N–H and O–H groups in total. The molecule has 1 aromatic rings. The summed E-state index contributed by atoms with van der Waals surface area (Å²) in [7, 11) is 0. The van der Waals surface area contributed by atoms with Crippen LogP contribution in [0.1, 0.15) is 65.0 Å². The summed E-state index contributed by atoms with van der Waals surface area (Å²) < 4.78 is 6.11. The number of benzene rings is 1. The van der Waals surface area contributed by atoms with Gasteiger partial charge in [-0.2, -0.15) is 0 Å². The van der Waals surface area contributed by atoms with Crippen LogP contribution in [0, 0.1) is 5.92 Å². The van der Waals surface area contributed by atoms with Gasteiger partial charge in [0, 0.05) is 16.6 Å². The Balaban J connectivity index is 2.72. The first-order valence-electron chi connectivity index (χ1n) is 8.27. The van der Waals surface area contributed by atoms with Gasteiger partial charge in [0.15, 0.2) is 0 Å². The molecular weight excluding hydrogens is 282 g/mol. The van der Waals surface area contributed by atoms with E-state index in [0.717, 1.165) is 29.5 Å². The summed E-state index contributed by atoms with van der Waals surface area (Å²) in [6, 6.07) is 6.17. The summed E-state index contributed by atoms with van der Waals surface area (Å²) in [6.45, 7) is 10.5. The summed E-state index contributed by atoms with van der Waals surface area (Å²) in [5, 5.41) is 4.19. The molecule has 120 valence electrons. The van der Waals surface area contributed by atoms with Crippen molar-refractivity contribution >= 4 is 11.6 Å². The number of hydrogen-bond acceptors (Lipinski definition) is 2. The molecule has 2 nitrogen and oxygen atoms in total. The van der Waals surface area contributed by atoms with Crippen LogP contribution in [0.3, 0.4) is 0 Å². The van der Waals surface area contributed by atoms with Gasteiger partial charge in [-0.15, -0.1) is 0 Å². The van der Waals surface area contributed by atoms with Crippen molar-refractivity contribution in [2.24, 2.45) is 5.92 Å². The van der Waals surface area contributed by atoms with Crippen LogP contribution >= 0.6 is 11.6 Å². The average molecular weight is 312 g/mol. The lowest BCUT2D eigenvalue weighted by molar-refractivity contribution is 0.230. The van der Waals surface area contributed by atoms with Gasteiger partial charge in [-0.3, -0.25) is 0 Å². The molecule has 0 aliphatic rings. The molecule has 1 aromatic carbocycles. The maximum atomic E-state index is 6.14. The van der Waals surface area contributed by atoms with E-state index < -0.39 is 0 Å². The third-order valence-corrected chi connectivity index (χ3v) is 4.20. The van der Waals surface area contributed by atoms with Crippen LogP contribution in [-0.4, -0.2) is 13.2 Å². The van der Waals surface area contributed by atoms with Crippen molar-refractivity contribution in [1.29, 1.82) is 0 Å². The molecule has 1 rings (SSSR count). The maximum Gasteiger partial charge on any atom is 0.124 e. The van der Waals surface area contributed by atoms with Crippen LogP contribution in [0.4, 0.5) is 0 Å². The van der Waals surface area contributed by atoms with Crippen LogP contribution in [0.5, 0.6) is 5.75 Å². The highest BCUT2D eigenvalue weighted by Gasteiger charge is 2.13. The number of nitrogens with one attached hydrogen (secondary N) is 1. The minimum atomic E-state index is 0.249. The van der Waals surface area contributed by atoms with Crippen molar-refractivity contribution in [2.75, 3.05) is 13.2 Å². The third kappa shape index (κ3) is 6.27. The molecule has 0 amide bonds. The third-order valence-electron chi connectivity index (χ3n) is 3.97. The zero-order chi connectivity index (χ0) is 15.7. The van der Waals surface area contributed by atoms with Crippen molar-refractivity contribution in [1.82, 2.24) is 5.32 Å². The first-order chi connectivity index (χ1) is 10.1. The Bertz CT molecular complexity index is 408. The van der Waals surface area contributed by atoms with Crippen molar-refractivity contribution in [2.45, 2.75) is 59.4 Å². The summed E-state index contributed by atoms with van der Waals surface area (Å²) >= 11 is 6.14. The highest BCUT2D eigenvalue weighted by atomic mass is 35.5. The van der Waals surface area contributed by atoms with Gasteiger partial charge in [-0.05, 0) is 44.0 Å². The smallest absolute Gasteiger partial charge is 0.124 e. The monoisotopic (exact) mass is 311 g/mol. The molecule has 0 aliphatic heterocycles. The molecule has 21 heavy (non-hydrogen) atoms. The average Bonchev–Trinajstić information content (AvgIpc) is 2.48. The molecule has 0 saturated heterocycles. The Labute approximate surface area is 135 Å². The number of ether oxygens (including phenoxy) is 1. The molecule has 0 saturated carbocycles. The van der Waals surface area contributed by atoms with Crippen LogP contribution in [0.2, 0.25) is 5.02 Å². The number of rotatable bonds is 10. The molecule has 2 unspecified atom stereocenters. The molecule has 0 radical (unpaired) electrons. The van der Waals surface area contributed by atoms with Crippen molar-refractivity contribution in [3.63, 3.8) is 0 Å². The quantitative estimate of drug-likeness (QED) is 0.606. The topological polar surface area (TPSA) is 21.3 Å². The molecule has 0 aliphatic carbocycles. The highest BCUT2D eigenvalue weighted by molar-refractivity contribution is 6.30. The first kappa shape index (κ1) is 18.3. The lowest BCUT2D eigenvalue weighted by atomic mass is 10.0. The van der Waals surface area contributed by atoms with Crippen LogP contribution in [0.15, 0.2) is 18.2 Å². The Hall–Kier alpha value is -0.730. The van der Waals surface area contributed by atoms with Gasteiger partial charge < -0.3 is 10.1 Å². The van der Waals surface area contributed by atoms with Gasteiger partial charge in [0.2, 0.25) is 0 Å². The van der Waals surface area contributed by atoms with Gasteiger partial charge in [-0.1, -0.05) is 51.6 Å². The minimum absolute atomic E-state index is 0.249. The fourth-order valence-electron chi connectivity index (χ4n) is 2.51. The fourth-order valence-corrected chi connectivity index (χ4v) is 2.69. The predicted octanol–water partition coefficient (Wildman–Crippen LogP) is 5.61. The fraction of sp³-hybridized carbons (Fsp3) is 0.667. The SMILES string of the molecule is CCCCC(CC)COc1ccc(Cl)cc1C(C)NCC. The lowest BCUT2D eigenvalue weighted by Gasteiger charge is -2.21. The zero-order valence-corrected chi connectivity index (χ0v) is 14.7. The summed E-state index contributed by atoms with van der Waals surface area (Å²) in [5.41, 5.74) is 1.15. The highest BCUT2D eigenvalue weighted by Crippen LogP contribution is 2.29. The van der Waals surface area contributed by atoms with E-state index in [2.05, 4.69) is 33.0 Å². The number of halogens is 1. The molecule has 0 bridgehead atoms. The minimum Gasteiger partial charge on any atom is -0.493 e. The lowest BCUT2D eigenvalue weighted by Crippen LogP contribution is -2.19. The summed E-state index contributed by atoms with van der Waals surface area (Å²) in [4.78, 5) is 0. The molecule has 0 spiro atoms. The van der Waals surface area contributed by atoms with Gasteiger partial charge in [0.05, 0.1) is 6.61 Å². The van der Waals surface area contributed by atoms with E-state index in [1.807, 2.05) is 18.2 Å². The maximum absolute atomic E-state index is 6.14. The van der Waals surface area contributed by atoms with E-state index in [9.17, 15) is 0 Å². The molecule has 0 aromatic heterocycles. The van der Waals surface area contributed by atoms with E-state index in [0.29, 0.717) is 5.92 Å². The Morgan fingerprint density at radius 3 is 2.62 bits per heavy atom. The Morgan fingerprint density at radius 1 is 1.24 bits per heavy atom. The second kappa shape index (κ2) is 10.1. The second-order valence-electron chi connectivity index (χ2n) is 5.69. The normalized spacial score (nSPS) is 14.0. The van der Waals surface area contributed by atoms with Gasteiger partial charge in [0.1, 0.15) is 5.75 Å². The number of hydrogen-bond donors (Lipinski definition) is 1. The van der Waals surface area contributed by atoms with Crippen molar-refractivity contribution in [3.8, 4) is 5.75 Å². The van der Waals surface area contributed by atoms with E-state index in [1.54, 1.807) is 0 Å². The van der Waals surface area contributed by atoms with Crippen LogP contribution in [-0.2, 0) is 0 Å². The van der Waals surface area contributed by atoms with E-state index >= 15 is 0 Å². The van der Waals surface area contributed by atoms with Gasteiger partial charge in [0.25, 0.3) is 0 Å². The summed E-state index contributed by atoms with van der Waals surface area (Å²) in [6.07, 6.45) is 4.95. The van der Waals surface area contributed by atoms with Gasteiger partial charge >= 0.3 is 0 Å². The predicted molar refractivity (Wildman–Crippen MR) is 92.3 cm³/mol. The first-order valence-corrected chi connectivity index (χ1v) is 8.65. The zero-order valence-electron chi connectivity index (χ0n) is 13.9. The van der Waals surface area contributed by atoms with E-state index in [4.69, 9.17) is 16.3 Å².